The predicted molar refractivity (Wildman–Crippen MR) is 82.9 cm³/mol. The molecule has 0 radical (unpaired) electrons. The maximum Gasteiger partial charge on any atom is 0.119 e. The third-order valence-electron chi connectivity index (χ3n) is 5.41. The minimum Gasteiger partial charge on any atom is -0.508 e. The van der Waals surface area contributed by atoms with Crippen LogP contribution in [-0.4, -0.2) is 23.1 Å². The van der Waals surface area contributed by atoms with E-state index in [0.717, 1.165) is 18.3 Å². The van der Waals surface area contributed by atoms with Crippen LogP contribution in [0.15, 0.2) is 18.2 Å². The fourth-order valence-electron chi connectivity index (χ4n) is 4.12. The van der Waals surface area contributed by atoms with E-state index in [0.29, 0.717) is 11.8 Å². The number of benzene rings is 1. The first kappa shape index (κ1) is 13.9. The van der Waals surface area contributed by atoms with Crippen LogP contribution < -0.4 is 0 Å². The maximum atomic E-state index is 10.00. The second-order valence-electron chi connectivity index (χ2n) is 6.87. The summed E-state index contributed by atoms with van der Waals surface area (Å²) < 4.78 is 0. The SMILES string of the molecule is CC(C)C1CCCN(C2CCc3c(O)cccc32)CC1. The van der Waals surface area contributed by atoms with Crippen LogP contribution in [0.5, 0.6) is 5.75 Å². The molecule has 20 heavy (non-hydrogen) atoms. The summed E-state index contributed by atoms with van der Waals surface area (Å²) >= 11 is 0. The van der Waals surface area contributed by atoms with Crippen molar-refractivity contribution in [2.75, 3.05) is 13.1 Å². The largest absolute Gasteiger partial charge is 0.508 e. The molecule has 1 N–H and O–H groups in total. The third kappa shape index (κ3) is 2.58. The zero-order chi connectivity index (χ0) is 14.1. The van der Waals surface area contributed by atoms with Gasteiger partial charge in [0.25, 0.3) is 0 Å². The summed E-state index contributed by atoms with van der Waals surface area (Å²) in [5.74, 6) is 2.21. The Bertz CT molecular complexity index is 468. The van der Waals surface area contributed by atoms with Crippen molar-refractivity contribution in [1.29, 1.82) is 0 Å². The van der Waals surface area contributed by atoms with Crippen LogP contribution in [0.1, 0.15) is 56.7 Å². The second-order valence-corrected chi connectivity index (χ2v) is 6.87. The van der Waals surface area contributed by atoms with Crippen molar-refractivity contribution < 1.29 is 5.11 Å². The number of phenols is 1. The molecule has 0 amide bonds. The zero-order valence-electron chi connectivity index (χ0n) is 12.8. The fourth-order valence-corrected chi connectivity index (χ4v) is 4.12. The van der Waals surface area contributed by atoms with E-state index in [4.69, 9.17) is 0 Å². The van der Waals surface area contributed by atoms with Gasteiger partial charge in [0.1, 0.15) is 5.75 Å². The van der Waals surface area contributed by atoms with E-state index < -0.39 is 0 Å². The molecule has 1 heterocycles. The van der Waals surface area contributed by atoms with Gasteiger partial charge in [0, 0.05) is 6.04 Å². The van der Waals surface area contributed by atoms with Gasteiger partial charge in [-0.25, -0.2) is 0 Å². The number of fused-ring (bicyclic) bond motifs is 1. The van der Waals surface area contributed by atoms with E-state index in [9.17, 15) is 5.11 Å². The number of aromatic hydroxyl groups is 1. The molecule has 1 saturated heterocycles. The van der Waals surface area contributed by atoms with Crippen molar-refractivity contribution in [2.45, 2.75) is 52.0 Å². The van der Waals surface area contributed by atoms with Gasteiger partial charge in [0.15, 0.2) is 0 Å². The minimum atomic E-state index is 0.500. The Labute approximate surface area is 122 Å². The lowest BCUT2D eigenvalue weighted by molar-refractivity contribution is 0.199. The first-order valence-corrected chi connectivity index (χ1v) is 8.21. The van der Waals surface area contributed by atoms with E-state index in [2.05, 4.69) is 24.8 Å². The van der Waals surface area contributed by atoms with Gasteiger partial charge in [-0.3, -0.25) is 4.90 Å². The Hall–Kier alpha value is -1.02. The smallest absolute Gasteiger partial charge is 0.119 e. The average Bonchev–Trinajstić information content (AvgIpc) is 2.70. The molecule has 2 nitrogen and oxygen atoms in total. The van der Waals surface area contributed by atoms with E-state index in [-0.39, 0.29) is 0 Å². The van der Waals surface area contributed by atoms with E-state index in [1.165, 1.54) is 49.9 Å². The average molecular weight is 273 g/mol. The normalized spacial score (nSPS) is 27.6. The molecule has 1 aromatic carbocycles. The lowest BCUT2D eigenvalue weighted by Gasteiger charge is -2.28. The van der Waals surface area contributed by atoms with E-state index in [1.54, 1.807) is 0 Å². The topological polar surface area (TPSA) is 23.5 Å². The molecule has 2 aliphatic rings. The highest BCUT2D eigenvalue weighted by atomic mass is 16.3. The Kier molecular flexibility index (Phi) is 4.02. The Morgan fingerprint density at radius 2 is 2.00 bits per heavy atom. The lowest BCUT2D eigenvalue weighted by atomic mass is 9.89. The van der Waals surface area contributed by atoms with Crippen LogP contribution in [0.4, 0.5) is 0 Å². The molecule has 3 rings (SSSR count). The molecule has 1 aliphatic heterocycles. The summed E-state index contributed by atoms with van der Waals surface area (Å²) in [6.07, 6.45) is 6.26. The van der Waals surface area contributed by atoms with Crippen LogP contribution in [0.3, 0.4) is 0 Å². The van der Waals surface area contributed by atoms with Gasteiger partial charge < -0.3 is 5.11 Å². The first-order valence-electron chi connectivity index (χ1n) is 8.21. The van der Waals surface area contributed by atoms with Gasteiger partial charge >= 0.3 is 0 Å². The highest BCUT2D eigenvalue weighted by molar-refractivity contribution is 5.44. The van der Waals surface area contributed by atoms with Crippen LogP contribution in [0, 0.1) is 11.8 Å². The molecule has 0 aromatic heterocycles. The van der Waals surface area contributed by atoms with Crippen molar-refractivity contribution in [1.82, 2.24) is 4.90 Å². The molecular weight excluding hydrogens is 246 g/mol. The van der Waals surface area contributed by atoms with Gasteiger partial charge in [0.2, 0.25) is 0 Å². The lowest BCUT2D eigenvalue weighted by Crippen LogP contribution is -2.28. The molecule has 0 spiro atoms. The van der Waals surface area contributed by atoms with Crippen molar-refractivity contribution in [2.24, 2.45) is 11.8 Å². The molecule has 1 aromatic rings. The summed E-state index contributed by atoms with van der Waals surface area (Å²) in [6, 6.07) is 6.60. The molecule has 2 atom stereocenters. The van der Waals surface area contributed by atoms with Crippen LogP contribution >= 0.6 is 0 Å². The number of hydrogen-bond acceptors (Lipinski definition) is 2. The molecule has 1 fully saturated rings. The fraction of sp³-hybridized carbons (Fsp3) is 0.667. The van der Waals surface area contributed by atoms with Crippen molar-refractivity contribution in [3.8, 4) is 5.75 Å². The van der Waals surface area contributed by atoms with E-state index >= 15 is 0 Å². The summed E-state index contributed by atoms with van der Waals surface area (Å²) in [5.41, 5.74) is 2.58. The highest BCUT2D eigenvalue weighted by Crippen LogP contribution is 2.41. The molecule has 1 aliphatic carbocycles. The van der Waals surface area contributed by atoms with Crippen molar-refractivity contribution >= 4 is 0 Å². The Balaban J connectivity index is 1.74. The second kappa shape index (κ2) is 5.77. The van der Waals surface area contributed by atoms with Gasteiger partial charge in [-0.15, -0.1) is 0 Å². The van der Waals surface area contributed by atoms with Crippen LogP contribution in [0.2, 0.25) is 0 Å². The minimum absolute atomic E-state index is 0.500. The number of rotatable bonds is 2. The standard InChI is InChI=1S/C18H27NO/c1-13(2)14-5-4-11-19(12-10-14)17-9-8-16-15(17)6-3-7-18(16)20/h3,6-7,13-14,17,20H,4-5,8-12H2,1-2H3. The van der Waals surface area contributed by atoms with Crippen molar-refractivity contribution in [3.05, 3.63) is 29.3 Å². The van der Waals surface area contributed by atoms with Gasteiger partial charge in [-0.05, 0) is 74.2 Å². The summed E-state index contributed by atoms with van der Waals surface area (Å²) in [4.78, 5) is 2.67. The molecular formula is C18H27NO. The summed E-state index contributed by atoms with van der Waals surface area (Å²) in [5, 5.41) is 10.00. The third-order valence-corrected chi connectivity index (χ3v) is 5.41. The number of phenolic OH excluding ortho intramolecular Hbond substituents is 1. The first-order chi connectivity index (χ1) is 9.66. The van der Waals surface area contributed by atoms with Gasteiger partial charge in [0.05, 0.1) is 0 Å². The summed E-state index contributed by atoms with van der Waals surface area (Å²) in [7, 11) is 0. The highest BCUT2D eigenvalue weighted by Gasteiger charge is 2.31. The zero-order valence-corrected chi connectivity index (χ0v) is 12.8. The predicted octanol–water partition coefficient (Wildman–Crippen LogP) is 4.14. The number of likely N-dealkylation sites (tertiary alicyclic amines) is 1. The molecule has 110 valence electrons. The molecule has 0 saturated carbocycles. The van der Waals surface area contributed by atoms with Crippen LogP contribution in [-0.2, 0) is 6.42 Å². The van der Waals surface area contributed by atoms with Crippen molar-refractivity contribution in [3.63, 3.8) is 0 Å². The van der Waals surface area contributed by atoms with Crippen LogP contribution in [0.25, 0.3) is 0 Å². The van der Waals surface area contributed by atoms with Gasteiger partial charge in [-0.2, -0.15) is 0 Å². The maximum absolute atomic E-state index is 10.00. The quantitative estimate of drug-likeness (QED) is 0.875. The Morgan fingerprint density at radius 3 is 2.80 bits per heavy atom. The number of hydrogen-bond donors (Lipinski definition) is 1. The van der Waals surface area contributed by atoms with E-state index in [1.807, 2.05) is 12.1 Å². The monoisotopic (exact) mass is 273 g/mol. The number of nitrogens with zero attached hydrogens (tertiary/aromatic N) is 1. The Morgan fingerprint density at radius 1 is 1.15 bits per heavy atom. The molecule has 0 bridgehead atoms. The summed E-state index contributed by atoms with van der Waals surface area (Å²) in [6.45, 7) is 7.18. The molecule has 2 unspecified atom stereocenters. The molecule has 2 heteroatoms. The van der Waals surface area contributed by atoms with Gasteiger partial charge in [-0.1, -0.05) is 26.0 Å².